The summed E-state index contributed by atoms with van der Waals surface area (Å²) in [6.45, 7) is 9.52. The van der Waals surface area contributed by atoms with Crippen molar-refractivity contribution in [2.45, 2.75) is 39.8 Å². The smallest absolute Gasteiger partial charge is 0.267 e. The van der Waals surface area contributed by atoms with Crippen LogP contribution in [0.25, 0.3) is 0 Å². The molecule has 0 saturated heterocycles. The third-order valence-corrected chi connectivity index (χ3v) is 2.74. The van der Waals surface area contributed by atoms with E-state index < -0.39 is 0 Å². The summed E-state index contributed by atoms with van der Waals surface area (Å²) >= 11 is 3.20. The maximum Gasteiger partial charge on any atom is 0.267 e. The largest absolute Gasteiger partial charge is 0.310 e. The van der Waals surface area contributed by atoms with E-state index in [1.807, 2.05) is 6.92 Å². The molecule has 0 bridgehead atoms. The molecule has 1 N–H and O–H groups in total. The van der Waals surface area contributed by atoms with E-state index in [4.69, 9.17) is 0 Å². The van der Waals surface area contributed by atoms with Crippen molar-refractivity contribution in [1.82, 2.24) is 14.9 Å². The normalized spacial score (nSPS) is 11.8. The molecule has 1 heterocycles. The van der Waals surface area contributed by atoms with Gasteiger partial charge in [-0.2, -0.15) is 0 Å². The van der Waals surface area contributed by atoms with Crippen LogP contribution in [0.5, 0.6) is 0 Å². The van der Waals surface area contributed by atoms with Gasteiger partial charge >= 0.3 is 0 Å². The number of hydrogen-bond donors (Lipinski definition) is 1. The zero-order valence-corrected chi connectivity index (χ0v) is 11.8. The summed E-state index contributed by atoms with van der Waals surface area (Å²) < 4.78 is 2.18. The summed E-state index contributed by atoms with van der Waals surface area (Å²) in [4.78, 5) is 15.9. The number of aromatic nitrogens is 2. The fourth-order valence-electron chi connectivity index (χ4n) is 1.36. The minimum atomic E-state index is -0.0248. The molecule has 90 valence electrons. The summed E-state index contributed by atoms with van der Waals surface area (Å²) in [5.74, 6) is 0.740. The van der Waals surface area contributed by atoms with Crippen LogP contribution in [0, 0.1) is 6.92 Å². The quantitative estimate of drug-likeness (QED) is 0.921. The lowest BCUT2D eigenvalue weighted by molar-refractivity contribution is 0.407. The molecule has 0 amide bonds. The van der Waals surface area contributed by atoms with Crippen molar-refractivity contribution in [1.29, 1.82) is 0 Å². The molecule has 0 spiro atoms. The fourth-order valence-corrected chi connectivity index (χ4v) is 1.67. The number of nitrogens with zero attached hydrogens (tertiary/aromatic N) is 2. The molecule has 0 aromatic carbocycles. The van der Waals surface area contributed by atoms with Crippen LogP contribution in [-0.4, -0.2) is 21.6 Å². The van der Waals surface area contributed by atoms with E-state index in [9.17, 15) is 4.79 Å². The van der Waals surface area contributed by atoms with Crippen LogP contribution in [0.15, 0.2) is 15.5 Å². The molecule has 5 heteroatoms. The highest BCUT2D eigenvalue weighted by Crippen LogP contribution is 2.02. The maximum absolute atomic E-state index is 11.8. The average Bonchev–Trinajstić information content (AvgIpc) is 2.16. The molecule has 4 nitrogen and oxygen atoms in total. The zero-order chi connectivity index (χ0) is 12.3. The Balaban J connectivity index is 2.75. The van der Waals surface area contributed by atoms with E-state index in [2.05, 4.69) is 47.0 Å². The van der Waals surface area contributed by atoms with Gasteiger partial charge in [-0.05, 0) is 43.6 Å². The van der Waals surface area contributed by atoms with Crippen molar-refractivity contribution in [3.8, 4) is 0 Å². The molecule has 16 heavy (non-hydrogen) atoms. The highest BCUT2D eigenvalue weighted by molar-refractivity contribution is 9.10. The Morgan fingerprint density at radius 2 is 2.12 bits per heavy atom. The minimum Gasteiger partial charge on any atom is -0.310 e. The van der Waals surface area contributed by atoms with Crippen molar-refractivity contribution in [2.24, 2.45) is 0 Å². The highest BCUT2D eigenvalue weighted by atomic mass is 79.9. The van der Waals surface area contributed by atoms with E-state index in [-0.39, 0.29) is 11.1 Å². The average molecular weight is 288 g/mol. The minimum absolute atomic E-state index is 0.0248. The number of halogens is 1. The van der Waals surface area contributed by atoms with Gasteiger partial charge in [0.05, 0.1) is 0 Å². The SMILES string of the molecule is Cc1ncc(Br)c(=O)n1CCNC(C)(C)C. The van der Waals surface area contributed by atoms with Crippen molar-refractivity contribution in [3.63, 3.8) is 0 Å². The standard InChI is InChI=1S/C11H18BrN3O/c1-8-13-7-9(12)10(16)15(8)6-5-14-11(2,3)4/h7,14H,5-6H2,1-4H3. The first-order valence-corrected chi connectivity index (χ1v) is 6.07. The Hall–Kier alpha value is -0.680. The van der Waals surface area contributed by atoms with Gasteiger partial charge in [0.25, 0.3) is 5.56 Å². The summed E-state index contributed by atoms with van der Waals surface area (Å²) in [6, 6.07) is 0. The van der Waals surface area contributed by atoms with Crippen LogP contribution in [-0.2, 0) is 6.54 Å². The van der Waals surface area contributed by atoms with Gasteiger partial charge in [-0.25, -0.2) is 4.98 Å². The van der Waals surface area contributed by atoms with Crippen LogP contribution in [0.3, 0.4) is 0 Å². The predicted octanol–water partition coefficient (Wildman–Crippen LogP) is 1.70. The summed E-state index contributed by atoms with van der Waals surface area (Å²) in [5, 5.41) is 3.34. The molecule has 0 atom stereocenters. The Bertz CT molecular complexity index is 420. The summed E-state index contributed by atoms with van der Waals surface area (Å²) in [5.41, 5.74) is 0.0416. The van der Waals surface area contributed by atoms with E-state index >= 15 is 0 Å². The first-order valence-electron chi connectivity index (χ1n) is 5.28. The van der Waals surface area contributed by atoms with E-state index in [1.54, 1.807) is 10.8 Å². The molecule has 0 aliphatic heterocycles. The van der Waals surface area contributed by atoms with Gasteiger partial charge < -0.3 is 5.32 Å². The Morgan fingerprint density at radius 3 is 2.69 bits per heavy atom. The predicted molar refractivity (Wildman–Crippen MR) is 68.7 cm³/mol. The second kappa shape index (κ2) is 5.10. The third kappa shape index (κ3) is 3.72. The Labute approximate surface area is 104 Å². The van der Waals surface area contributed by atoms with Gasteiger partial charge in [0.15, 0.2) is 0 Å². The number of rotatable bonds is 3. The lowest BCUT2D eigenvalue weighted by Crippen LogP contribution is -2.39. The Morgan fingerprint density at radius 1 is 1.50 bits per heavy atom. The number of aryl methyl sites for hydroxylation is 1. The molecule has 0 radical (unpaired) electrons. The summed E-state index contributed by atoms with van der Waals surface area (Å²) in [6.07, 6.45) is 1.55. The van der Waals surface area contributed by atoms with Gasteiger partial charge in [0.1, 0.15) is 10.3 Å². The topological polar surface area (TPSA) is 46.9 Å². The molecule has 0 saturated carbocycles. The van der Waals surface area contributed by atoms with E-state index in [0.717, 1.165) is 12.4 Å². The second-order valence-electron chi connectivity index (χ2n) is 4.79. The first-order chi connectivity index (χ1) is 7.31. The van der Waals surface area contributed by atoms with E-state index in [1.165, 1.54) is 0 Å². The Kier molecular flexibility index (Phi) is 4.27. The molecule has 0 unspecified atom stereocenters. The van der Waals surface area contributed by atoms with Gasteiger partial charge in [0, 0.05) is 24.8 Å². The lowest BCUT2D eigenvalue weighted by Gasteiger charge is -2.21. The van der Waals surface area contributed by atoms with Crippen molar-refractivity contribution >= 4 is 15.9 Å². The molecule has 0 aliphatic rings. The maximum atomic E-state index is 11.8. The van der Waals surface area contributed by atoms with Crippen LogP contribution in [0.1, 0.15) is 26.6 Å². The molecule has 1 aromatic heterocycles. The van der Waals surface area contributed by atoms with Gasteiger partial charge in [0.2, 0.25) is 0 Å². The van der Waals surface area contributed by atoms with Gasteiger partial charge in [-0.3, -0.25) is 9.36 Å². The van der Waals surface area contributed by atoms with Crippen LogP contribution >= 0.6 is 15.9 Å². The van der Waals surface area contributed by atoms with Crippen molar-refractivity contribution < 1.29 is 0 Å². The monoisotopic (exact) mass is 287 g/mol. The molecule has 0 fully saturated rings. The van der Waals surface area contributed by atoms with Gasteiger partial charge in [-0.15, -0.1) is 0 Å². The fraction of sp³-hybridized carbons (Fsp3) is 0.636. The first kappa shape index (κ1) is 13.4. The van der Waals surface area contributed by atoms with Crippen LogP contribution < -0.4 is 10.9 Å². The van der Waals surface area contributed by atoms with Crippen molar-refractivity contribution in [3.05, 3.63) is 26.8 Å². The second-order valence-corrected chi connectivity index (χ2v) is 5.64. The highest BCUT2D eigenvalue weighted by Gasteiger charge is 2.09. The molecule has 1 rings (SSSR count). The lowest BCUT2D eigenvalue weighted by atomic mass is 10.1. The molecule has 1 aromatic rings. The van der Waals surface area contributed by atoms with Crippen LogP contribution in [0.4, 0.5) is 0 Å². The molecular formula is C11H18BrN3O. The van der Waals surface area contributed by atoms with Crippen LogP contribution in [0.2, 0.25) is 0 Å². The van der Waals surface area contributed by atoms with Crippen molar-refractivity contribution in [2.75, 3.05) is 6.54 Å². The van der Waals surface area contributed by atoms with E-state index in [0.29, 0.717) is 11.0 Å². The summed E-state index contributed by atoms with van der Waals surface area (Å²) in [7, 11) is 0. The molecule has 0 aliphatic carbocycles. The number of nitrogens with one attached hydrogen (secondary N) is 1. The molecular weight excluding hydrogens is 270 g/mol. The zero-order valence-electron chi connectivity index (χ0n) is 10.2. The number of hydrogen-bond acceptors (Lipinski definition) is 3. The van der Waals surface area contributed by atoms with Gasteiger partial charge in [-0.1, -0.05) is 0 Å². The third-order valence-electron chi connectivity index (χ3n) is 2.20.